The van der Waals surface area contributed by atoms with Crippen molar-refractivity contribution in [2.75, 3.05) is 6.54 Å². The number of imidazole rings is 1. The summed E-state index contributed by atoms with van der Waals surface area (Å²) in [6.07, 6.45) is 2.68. The molecule has 5 nitrogen and oxygen atoms in total. The van der Waals surface area contributed by atoms with E-state index in [1.165, 1.54) is 0 Å². The number of carbonyl (C=O) groups is 1. The van der Waals surface area contributed by atoms with Gasteiger partial charge in [0.25, 0.3) is 5.91 Å². The lowest BCUT2D eigenvalue weighted by Gasteiger charge is -2.00. The number of hydrogen-bond donors (Lipinski definition) is 1. The molecule has 1 amide bonds. The van der Waals surface area contributed by atoms with E-state index in [1.54, 1.807) is 12.1 Å². The zero-order valence-electron chi connectivity index (χ0n) is 11.5. The highest BCUT2D eigenvalue weighted by molar-refractivity contribution is 9.10. The summed E-state index contributed by atoms with van der Waals surface area (Å²) in [6, 6.07) is 9.32. The molecule has 0 saturated heterocycles. The standard InChI is InChI=1S/C15H14BrN3O2/c1-10-3-2-4-14-18-11(9-19(10)14)7-8-17-15(20)12-5-6-13(16)21-12/h2-6,9H,7-8H2,1H3,(H,17,20). The summed E-state index contributed by atoms with van der Waals surface area (Å²) in [5.41, 5.74) is 3.01. The Morgan fingerprint density at radius 2 is 2.24 bits per heavy atom. The maximum absolute atomic E-state index is 11.8. The van der Waals surface area contributed by atoms with Gasteiger partial charge < -0.3 is 14.1 Å². The van der Waals surface area contributed by atoms with Gasteiger partial charge in [0.2, 0.25) is 0 Å². The molecule has 0 aliphatic rings. The molecule has 0 unspecified atom stereocenters. The van der Waals surface area contributed by atoms with Crippen molar-refractivity contribution in [3.8, 4) is 0 Å². The predicted molar refractivity (Wildman–Crippen MR) is 82.4 cm³/mol. The van der Waals surface area contributed by atoms with Gasteiger partial charge in [0.05, 0.1) is 5.69 Å². The Labute approximate surface area is 130 Å². The molecule has 3 rings (SSSR count). The fourth-order valence-corrected chi connectivity index (χ4v) is 2.45. The van der Waals surface area contributed by atoms with Gasteiger partial charge in [0, 0.05) is 24.9 Å². The molecule has 0 atom stereocenters. The SMILES string of the molecule is Cc1cccc2nc(CCNC(=O)c3ccc(Br)o3)cn12. The molecular weight excluding hydrogens is 334 g/mol. The second-order valence-electron chi connectivity index (χ2n) is 4.74. The van der Waals surface area contributed by atoms with Crippen molar-refractivity contribution in [3.05, 3.63) is 58.3 Å². The quantitative estimate of drug-likeness (QED) is 0.789. The van der Waals surface area contributed by atoms with Crippen molar-refractivity contribution in [2.45, 2.75) is 13.3 Å². The highest BCUT2D eigenvalue weighted by Gasteiger charge is 2.10. The van der Waals surface area contributed by atoms with E-state index in [2.05, 4.69) is 26.2 Å². The molecule has 1 N–H and O–H groups in total. The maximum Gasteiger partial charge on any atom is 0.287 e. The number of aromatic nitrogens is 2. The van der Waals surface area contributed by atoms with Gasteiger partial charge in [-0.15, -0.1) is 0 Å². The van der Waals surface area contributed by atoms with Crippen LogP contribution in [0.4, 0.5) is 0 Å². The third-order valence-electron chi connectivity index (χ3n) is 3.21. The fourth-order valence-electron chi connectivity index (χ4n) is 2.15. The van der Waals surface area contributed by atoms with Crippen LogP contribution in [0.25, 0.3) is 5.65 Å². The molecule has 0 aromatic carbocycles. The van der Waals surface area contributed by atoms with E-state index in [1.807, 2.05) is 35.7 Å². The van der Waals surface area contributed by atoms with Gasteiger partial charge in [-0.25, -0.2) is 4.98 Å². The van der Waals surface area contributed by atoms with Crippen LogP contribution in [0.15, 0.2) is 45.6 Å². The van der Waals surface area contributed by atoms with E-state index >= 15 is 0 Å². The molecule has 108 valence electrons. The fraction of sp³-hybridized carbons (Fsp3) is 0.200. The van der Waals surface area contributed by atoms with E-state index in [-0.39, 0.29) is 5.91 Å². The van der Waals surface area contributed by atoms with Crippen LogP contribution in [-0.2, 0) is 6.42 Å². The van der Waals surface area contributed by atoms with Gasteiger partial charge >= 0.3 is 0 Å². The molecule has 0 radical (unpaired) electrons. The maximum atomic E-state index is 11.8. The zero-order chi connectivity index (χ0) is 14.8. The third kappa shape index (κ3) is 3.00. The first-order chi connectivity index (χ1) is 10.1. The van der Waals surface area contributed by atoms with Crippen LogP contribution in [0.3, 0.4) is 0 Å². The first kappa shape index (κ1) is 13.9. The normalized spacial score (nSPS) is 11.0. The van der Waals surface area contributed by atoms with Gasteiger partial charge in [-0.2, -0.15) is 0 Å². The van der Waals surface area contributed by atoms with Crippen molar-refractivity contribution in [1.29, 1.82) is 0 Å². The number of amides is 1. The number of nitrogens with one attached hydrogen (secondary N) is 1. The van der Waals surface area contributed by atoms with Crippen LogP contribution < -0.4 is 5.32 Å². The number of pyridine rings is 1. The minimum atomic E-state index is -0.222. The molecule has 0 spiro atoms. The smallest absolute Gasteiger partial charge is 0.287 e. The molecule has 21 heavy (non-hydrogen) atoms. The average Bonchev–Trinajstić information content (AvgIpc) is 3.05. The topological polar surface area (TPSA) is 59.5 Å². The Morgan fingerprint density at radius 1 is 1.38 bits per heavy atom. The molecular formula is C15H14BrN3O2. The summed E-state index contributed by atoms with van der Waals surface area (Å²) in [6.45, 7) is 2.55. The Balaban J connectivity index is 1.62. The zero-order valence-corrected chi connectivity index (χ0v) is 13.1. The molecule has 0 bridgehead atoms. The minimum Gasteiger partial charge on any atom is -0.444 e. The predicted octanol–water partition coefficient (Wildman–Crippen LogP) is 2.97. The van der Waals surface area contributed by atoms with E-state index in [4.69, 9.17) is 4.42 Å². The van der Waals surface area contributed by atoms with E-state index in [0.717, 1.165) is 17.0 Å². The van der Waals surface area contributed by atoms with E-state index in [0.29, 0.717) is 23.4 Å². The van der Waals surface area contributed by atoms with Gasteiger partial charge in [-0.1, -0.05) is 6.07 Å². The van der Waals surface area contributed by atoms with Crippen LogP contribution in [0.5, 0.6) is 0 Å². The lowest BCUT2D eigenvalue weighted by atomic mass is 10.3. The Hall–Kier alpha value is -2.08. The molecule has 0 saturated carbocycles. The minimum absolute atomic E-state index is 0.222. The van der Waals surface area contributed by atoms with E-state index < -0.39 is 0 Å². The first-order valence-electron chi connectivity index (χ1n) is 6.60. The van der Waals surface area contributed by atoms with Crippen molar-refractivity contribution in [2.24, 2.45) is 0 Å². The molecule has 0 fully saturated rings. The summed E-state index contributed by atoms with van der Waals surface area (Å²) in [5.74, 6) is 0.0772. The van der Waals surface area contributed by atoms with Crippen LogP contribution in [0.1, 0.15) is 21.9 Å². The summed E-state index contributed by atoms with van der Waals surface area (Å²) >= 11 is 3.17. The number of fused-ring (bicyclic) bond motifs is 1. The Morgan fingerprint density at radius 3 is 2.95 bits per heavy atom. The van der Waals surface area contributed by atoms with Crippen LogP contribution >= 0.6 is 15.9 Å². The molecule has 6 heteroatoms. The lowest BCUT2D eigenvalue weighted by molar-refractivity contribution is 0.0925. The second kappa shape index (κ2) is 5.73. The molecule has 0 aliphatic carbocycles. The number of rotatable bonds is 4. The summed E-state index contributed by atoms with van der Waals surface area (Å²) in [5, 5.41) is 2.82. The molecule has 3 aromatic heterocycles. The van der Waals surface area contributed by atoms with Gasteiger partial charge in [-0.05, 0) is 47.1 Å². The lowest BCUT2D eigenvalue weighted by Crippen LogP contribution is -2.25. The van der Waals surface area contributed by atoms with Crippen molar-refractivity contribution in [3.63, 3.8) is 0 Å². The first-order valence-corrected chi connectivity index (χ1v) is 7.40. The van der Waals surface area contributed by atoms with Crippen LogP contribution in [0, 0.1) is 6.92 Å². The van der Waals surface area contributed by atoms with Gasteiger partial charge in [0.15, 0.2) is 10.4 Å². The number of furan rings is 1. The van der Waals surface area contributed by atoms with Crippen LogP contribution in [0.2, 0.25) is 0 Å². The van der Waals surface area contributed by atoms with Gasteiger partial charge in [-0.3, -0.25) is 4.79 Å². The Bertz CT molecular complexity index is 791. The number of hydrogen-bond acceptors (Lipinski definition) is 3. The number of nitrogens with zero attached hydrogens (tertiary/aromatic N) is 2. The molecule has 0 aliphatic heterocycles. The second-order valence-corrected chi connectivity index (χ2v) is 5.52. The number of halogens is 1. The monoisotopic (exact) mass is 347 g/mol. The molecule has 3 heterocycles. The van der Waals surface area contributed by atoms with Crippen molar-refractivity contribution >= 4 is 27.5 Å². The third-order valence-corrected chi connectivity index (χ3v) is 3.64. The summed E-state index contributed by atoms with van der Waals surface area (Å²) < 4.78 is 7.78. The highest BCUT2D eigenvalue weighted by Crippen LogP contribution is 2.13. The number of aryl methyl sites for hydroxylation is 1. The van der Waals surface area contributed by atoms with Crippen molar-refractivity contribution in [1.82, 2.24) is 14.7 Å². The largest absolute Gasteiger partial charge is 0.444 e. The average molecular weight is 348 g/mol. The summed E-state index contributed by atoms with van der Waals surface area (Å²) in [4.78, 5) is 16.4. The highest BCUT2D eigenvalue weighted by atomic mass is 79.9. The number of carbonyl (C=O) groups excluding carboxylic acids is 1. The summed E-state index contributed by atoms with van der Waals surface area (Å²) in [7, 11) is 0. The van der Waals surface area contributed by atoms with Crippen molar-refractivity contribution < 1.29 is 9.21 Å². The van der Waals surface area contributed by atoms with Crippen LogP contribution in [-0.4, -0.2) is 21.8 Å². The molecule has 3 aromatic rings. The Kier molecular flexibility index (Phi) is 3.79. The van der Waals surface area contributed by atoms with Gasteiger partial charge in [0.1, 0.15) is 5.65 Å². The van der Waals surface area contributed by atoms with E-state index in [9.17, 15) is 4.79 Å².